The molecule has 0 aliphatic carbocycles. The zero-order chi connectivity index (χ0) is 9.44. The minimum Gasteiger partial charge on any atom is -0.300 e. The van der Waals surface area contributed by atoms with Crippen LogP contribution in [0.2, 0.25) is 0 Å². The molecular weight excluding hydrogens is 172 g/mol. The Kier molecular flexibility index (Phi) is 8.91. The molecular formula is C5H10O5S. The van der Waals surface area contributed by atoms with Crippen LogP contribution in [0.25, 0.3) is 0 Å². The molecule has 0 bridgehead atoms. The molecule has 11 heavy (non-hydrogen) atoms. The number of rotatable bonds is 2. The molecule has 0 radical (unpaired) electrons. The zero-order valence-corrected chi connectivity index (χ0v) is 7.05. The molecule has 0 atom stereocenters. The zero-order valence-electron chi connectivity index (χ0n) is 6.23. The van der Waals surface area contributed by atoms with E-state index in [0.29, 0.717) is 0 Å². The van der Waals surface area contributed by atoms with Gasteiger partial charge in [-0.25, -0.2) is 0 Å². The van der Waals surface area contributed by atoms with Gasteiger partial charge < -0.3 is 0 Å². The van der Waals surface area contributed by atoms with Crippen molar-refractivity contribution < 1.29 is 22.9 Å². The van der Waals surface area contributed by atoms with Crippen LogP contribution in [0.3, 0.4) is 0 Å². The summed E-state index contributed by atoms with van der Waals surface area (Å²) in [6, 6.07) is 0. The van der Waals surface area contributed by atoms with E-state index in [9.17, 15) is 9.59 Å². The largest absolute Gasteiger partial charge is 0.300 e. The first kappa shape index (κ1) is 13.0. The first-order valence-corrected chi connectivity index (χ1v) is 3.71. The molecule has 0 heterocycles. The van der Waals surface area contributed by atoms with E-state index in [1.165, 1.54) is 13.8 Å². The summed E-state index contributed by atoms with van der Waals surface area (Å²) < 4.78 is 22.8. The minimum atomic E-state index is -2.61. The summed E-state index contributed by atoms with van der Waals surface area (Å²) in [6.45, 7) is 2.81. The van der Waals surface area contributed by atoms with Crippen LogP contribution in [0.15, 0.2) is 0 Å². The van der Waals surface area contributed by atoms with Gasteiger partial charge in [-0.15, -0.1) is 0 Å². The van der Waals surface area contributed by atoms with Crippen LogP contribution >= 0.6 is 0 Å². The number of carbonyl (C=O) groups is 2. The Balaban J connectivity index is 0. The molecule has 6 heteroatoms. The Morgan fingerprint density at radius 3 is 1.36 bits per heavy atom. The van der Waals surface area contributed by atoms with E-state index < -0.39 is 11.4 Å². The molecule has 0 aromatic carbocycles. The summed E-state index contributed by atoms with van der Waals surface area (Å²) >= 11 is -2.61. The molecule has 0 saturated heterocycles. The third kappa shape index (κ3) is 44.4. The average molecular weight is 182 g/mol. The molecule has 0 aromatic rings. The highest BCUT2D eigenvalue weighted by molar-refractivity contribution is 7.73. The summed E-state index contributed by atoms with van der Waals surface area (Å²) in [7, 11) is 0. The van der Waals surface area contributed by atoms with E-state index in [4.69, 9.17) is 13.3 Å². The lowest BCUT2D eigenvalue weighted by Gasteiger charge is -1.81. The first-order chi connectivity index (χ1) is 4.86. The van der Waals surface area contributed by atoms with Gasteiger partial charge in [0.05, 0.1) is 6.42 Å². The number of hydrogen-bond donors (Lipinski definition) is 2. The Morgan fingerprint density at radius 2 is 1.36 bits per heavy atom. The lowest BCUT2D eigenvalue weighted by molar-refractivity contribution is -0.124. The van der Waals surface area contributed by atoms with E-state index in [0.717, 1.165) is 0 Å². The molecule has 0 aliphatic heterocycles. The van der Waals surface area contributed by atoms with Crippen LogP contribution in [0.4, 0.5) is 0 Å². The molecule has 0 aromatic heterocycles. The summed E-state index contributed by atoms with van der Waals surface area (Å²) in [5, 5.41) is 0. The number of ketones is 2. The summed E-state index contributed by atoms with van der Waals surface area (Å²) in [4.78, 5) is 20.1. The molecule has 5 nitrogen and oxygen atoms in total. The summed E-state index contributed by atoms with van der Waals surface area (Å²) in [6.07, 6.45) is 0.0833. The number of hydrogen-bond acceptors (Lipinski definition) is 3. The van der Waals surface area contributed by atoms with E-state index in [1.807, 2.05) is 0 Å². The SMILES string of the molecule is CC(=O)CC(C)=O.O=S(O)O. The van der Waals surface area contributed by atoms with Gasteiger partial charge in [-0.05, 0) is 13.8 Å². The fourth-order valence-corrected chi connectivity index (χ4v) is 0.351. The van der Waals surface area contributed by atoms with E-state index in [1.54, 1.807) is 0 Å². The van der Waals surface area contributed by atoms with Crippen molar-refractivity contribution in [2.75, 3.05) is 0 Å². The lowest BCUT2D eigenvalue weighted by atomic mass is 10.2. The lowest BCUT2D eigenvalue weighted by Crippen LogP contribution is -1.97. The maximum Gasteiger partial charge on any atom is 0.299 e. The molecule has 0 fully saturated rings. The van der Waals surface area contributed by atoms with Crippen LogP contribution in [-0.2, 0) is 21.0 Å². The maximum absolute atomic E-state index is 10.0. The molecule has 0 amide bonds. The van der Waals surface area contributed by atoms with Gasteiger partial charge in [0.15, 0.2) is 0 Å². The Morgan fingerprint density at radius 1 is 1.18 bits per heavy atom. The fourth-order valence-electron chi connectivity index (χ4n) is 0.351. The van der Waals surface area contributed by atoms with Crippen LogP contribution in [0, 0.1) is 0 Å². The maximum atomic E-state index is 10.0. The molecule has 0 rings (SSSR count). The average Bonchev–Trinajstić information content (AvgIpc) is 1.56. The molecule has 0 spiro atoms. The fraction of sp³-hybridized carbons (Fsp3) is 0.600. The van der Waals surface area contributed by atoms with Crippen LogP contribution in [0.5, 0.6) is 0 Å². The van der Waals surface area contributed by atoms with Crippen molar-refractivity contribution in [1.29, 1.82) is 0 Å². The predicted molar refractivity (Wildman–Crippen MR) is 39.4 cm³/mol. The topological polar surface area (TPSA) is 91.7 Å². The van der Waals surface area contributed by atoms with Crippen molar-refractivity contribution >= 4 is 22.9 Å². The molecule has 66 valence electrons. The normalized spacial score (nSPS) is 8.45. The van der Waals surface area contributed by atoms with Crippen LogP contribution in [-0.4, -0.2) is 24.9 Å². The van der Waals surface area contributed by atoms with Gasteiger partial charge in [0.25, 0.3) is 11.4 Å². The predicted octanol–water partition coefficient (Wildman–Crippen LogP) is 0.236. The van der Waals surface area contributed by atoms with Crippen molar-refractivity contribution in [2.24, 2.45) is 0 Å². The second-order valence-corrected chi connectivity index (χ2v) is 2.27. The Bertz CT molecular complexity index is 148. The van der Waals surface area contributed by atoms with E-state index in [2.05, 4.69) is 0 Å². The number of Topliss-reactive ketones (excluding diaryl/α,β-unsaturated/α-hetero) is 2. The highest BCUT2D eigenvalue weighted by atomic mass is 32.2. The van der Waals surface area contributed by atoms with Gasteiger partial charge >= 0.3 is 0 Å². The third-order valence-corrected chi connectivity index (χ3v) is 0.498. The van der Waals surface area contributed by atoms with Crippen molar-refractivity contribution in [2.45, 2.75) is 20.3 Å². The molecule has 0 aliphatic rings. The van der Waals surface area contributed by atoms with Gasteiger partial charge in [0.2, 0.25) is 0 Å². The minimum absolute atomic E-state index is 0.0625. The van der Waals surface area contributed by atoms with Gasteiger partial charge in [-0.1, -0.05) is 0 Å². The molecule has 0 saturated carbocycles. The summed E-state index contributed by atoms with van der Waals surface area (Å²) in [5.41, 5.74) is 0. The Hall–Kier alpha value is -0.590. The standard InChI is InChI=1S/C5H8O2.H2O3S/c1-4(6)3-5(2)7;1-4(2)3/h3H2,1-2H3;(H2,1,2,3). The first-order valence-electron chi connectivity index (χ1n) is 2.65. The Labute approximate surface area is 66.9 Å². The van der Waals surface area contributed by atoms with Gasteiger partial charge in [-0.2, -0.15) is 4.21 Å². The van der Waals surface area contributed by atoms with Gasteiger partial charge in [-0.3, -0.25) is 18.7 Å². The molecule has 2 N–H and O–H groups in total. The highest BCUT2D eigenvalue weighted by Crippen LogP contribution is 1.80. The monoisotopic (exact) mass is 182 g/mol. The van der Waals surface area contributed by atoms with Crippen LogP contribution in [0.1, 0.15) is 20.3 Å². The van der Waals surface area contributed by atoms with E-state index >= 15 is 0 Å². The number of carbonyl (C=O) groups excluding carboxylic acids is 2. The van der Waals surface area contributed by atoms with Gasteiger partial charge in [0.1, 0.15) is 11.6 Å². The smallest absolute Gasteiger partial charge is 0.299 e. The van der Waals surface area contributed by atoms with Crippen molar-refractivity contribution in [3.63, 3.8) is 0 Å². The van der Waals surface area contributed by atoms with E-state index in [-0.39, 0.29) is 18.0 Å². The quantitative estimate of drug-likeness (QED) is 0.471. The van der Waals surface area contributed by atoms with Crippen molar-refractivity contribution in [3.05, 3.63) is 0 Å². The van der Waals surface area contributed by atoms with Crippen molar-refractivity contribution in [3.8, 4) is 0 Å². The second-order valence-electron chi connectivity index (χ2n) is 1.81. The van der Waals surface area contributed by atoms with Crippen LogP contribution < -0.4 is 0 Å². The van der Waals surface area contributed by atoms with Crippen molar-refractivity contribution in [1.82, 2.24) is 0 Å². The summed E-state index contributed by atoms with van der Waals surface area (Å²) in [5.74, 6) is -0.125. The van der Waals surface area contributed by atoms with Gasteiger partial charge in [0, 0.05) is 0 Å². The highest BCUT2D eigenvalue weighted by Gasteiger charge is 1.94. The third-order valence-electron chi connectivity index (χ3n) is 0.498. The second kappa shape index (κ2) is 7.52. The molecule has 0 unspecified atom stereocenters.